The monoisotopic (exact) mass is 319 g/mol. The smallest absolute Gasteiger partial charge is 0.326 e. The maximum Gasteiger partial charge on any atom is 0.326 e. The maximum atomic E-state index is 12.4. The van der Waals surface area contributed by atoms with Gasteiger partial charge in [0, 0.05) is 17.8 Å². The minimum absolute atomic E-state index is 0.239. The lowest BCUT2D eigenvalue weighted by molar-refractivity contribution is -0.141. The van der Waals surface area contributed by atoms with Crippen molar-refractivity contribution in [1.29, 1.82) is 0 Å². The van der Waals surface area contributed by atoms with Gasteiger partial charge in [-0.15, -0.1) is 0 Å². The second-order valence-electron chi connectivity index (χ2n) is 5.12. The highest BCUT2D eigenvalue weighted by atomic mass is 35.5. The van der Waals surface area contributed by atoms with Crippen LogP contribution >= 0.6 is 11.6 Å². The highest BCUT2D eigenvalue weighted by Gasteiger charge is 2.35. The molecule has 1 amide bonds. The molecule has 6 nitrogen and oxygen atoms in total. The number of halogens is 1. The lowest BCUT2D eigenvalue weighted by Crippen LogP contribution is -2.40. The number of rotatable bonds is 3. The van der Waals surface area contributed by atoms with Crippen LogP contribution in [0.5, 0.6) is 0 Å². The molecule has 22 heavy (non-hydrogen) atoms. The van der Waals surface area contributed by atoms with Crippen LogP contribution in [-0.4, -0.2) is 44.3 Å². The minimum Gasteiger partial charge on any atom is -0.480 e. The second kappa shape index (κ2) is 5.81. The average Bonchev–Trinajstić information content (AvgIpc) is 3.17. The van der Waals surface area contributed by atoms with Gasteiger partial charge in [-0.25, -0.2) is 9.48 Å². The third-order valence-corrected chi connectivity index (χ3v) is 3.95. The van der Waals surface area contributed by atoms with Crippen molar-refractivity contribution in [3.63, 3.8) is 0 Å². The molecule has 1 N–H and O–H groups in total. The van der Waals surface area contributed by atoms with Crippen molar-refractivity contribution in [1.82, 2.24) is 14.7 Å². The summed E-state index contributed by atoms with van der Waals surface area (Å²) in [5.74, 6) is -1.32. The van der Waals surface area contributed by atoms with Crippen LogP contribution in [0.25, 0.3) is 5.69 Å². The average molecular weight is 320 g/mol. The predicted octanol–water partition coefficient (Wildman–Crippen LogP) is 2.21. The van der Waals surface area contributed by atoms with Crippen LogP contribution in [0.4, 0.5) is 0 Å². The van der Waals surface area contributed by atoms with E-state index in [2.05, 4.69) is 5.10 Å². The summed E-state index contributed by atoms with van der Waals surface area (Å²) in [6.45, 7) is 0.448. The molecule has 1 aromatic carbocycles. The Hall–Kier alpha value is -2.34. The first kappa shape index (κ1) is 14.6. The van der Waals surface area contributed by atoms with Crippen molar-refractivity contribution < 1.29 is 14.7 Å². The van der Waals surface area contributed by atoms with E-state index in [9.17, 15) is 9.59 Å². The zero-order valence-corrected chi connectivity index (χ0v) is 12.4. The predicted molar refractivity (Wildman–Crippen MR) is 80.3 cm³/mol. The van der Waals surface area contributed by atoms with Gasteiger partial charge in [-0.3, -0.25) is 4.79 Å². The molecule has 2 heterocycles. The standard InChI is InChI=1S/C15H14ClN3O3/c16-10-3-5-11(6-4-10)19-9-7-12(17-19)14(20)18-8-1-2-13(18)15(21)22/h3-7,9,13H,1-2,8H2,(H,21,22)/t13-/m1/s1. The largest absolute Gasteiger partial charge is 0.480 e. The zero-order chi connectivity index (χ0) is 15.7. The highest BCUT2D eigenvalue weighted by Crippen LogP contribution is 2.20. The van der Waals surface area contributed by atoms with Crippen molar-refractivity contribution >= 4 is 23.5 Å². The first-order valence-electron chi connectivity index (χ1n) is 6.91. The zero-order valence-electron chi connectivity index (χ0n) is 11.6. The number of carbonyl (C=O) groups excluding carboxylic acids is 1. The molecule has 7 heteroatoms. The number of aliphatic carboxylic acids is 1. The van der Waals surface area contributed by atoms with Crippen LogP contribution in [0.3, 0.4) is 0 Å². The van der Waals surface area contributed by atoms with E-state index < -0.39 is 12.0 Å². The molecule has 0 radical (unpaired) electrons. The van der Waals surface area contributed by atoms with Crippen LogP contribution in [0, 0.1) is 0 Å². The van der Waals surface area contributed by atoms with E-state index in [4.69, 9.17) is 16.7 Å². The molecule has 1 atom stereocenters. The van der Waals surface area contributed by atoms with E-state index in [1.54, 1.807) is 41.2 Å². The van der Waals surface area contributed by atoms with E-state index >= 15 is 0 Å². The van der Waals surface area contributed by atoms with Crippen molar-refractivity contribution in [2.75, 3.05) is 6.54 Å². The van der Waals surface area contributed by atoms with Crippen LogP contribution in [-0.2, 0) is 4.79 Å². The Labute approximate surface area is 131 Å². The van der Waals surface area contributed by atoms with Gasteiger partial charge in [0.25, 0.3) is 5.91 Å². The first-order valence-corrected chi connectivity index (χ1v) is 7.29. The molecular formula is C15H14ClN3O3. The molecule has 3 rings (SSSR count). The van der Waals surface area contributed by atoms with E-state index in [0.717, 1.165) is 5.69 Å². The number of amides is 1. The fourth-order valence-corrected chi connectivity index (χ4v) is 2.72. The summed E-state index contributed by atoms with van der Waals surface area (Å²) >= 11 is 5.84. The number of nitrogens with zero attached hydrogens (tertiary/aromatic N) is 3. The molecule has 1 saturated heterocycles. The number of hydrogen-bond donors (Lipinski definition) is 1. The molecule has 1 aromatic heterocycles. The Morgan fingerprint density at radius 1 is 1.23 bits per heavy atom. The number of hydrogen-bond acceptors (Lipinski definition) is 3. The molecule has 0 aliphatic carbocycles. The quantitative estimate of drug-likeness (QED) is 0.941. The van der Waals surface area contributed by atoms with Gasteiger partial charge in [-0.2, -0.15) is 5.10 Å². The Kier molecular flexibility index (Phi) is 3.85. The lowest BCUT2D eigenvalue weighted by atomic mass is 10.2. The number of carboxylic acids is 1. The molecule has 2 aromatic rings. The van der Waals surface area contributed by atoms with Gasteiger partial charge < -0.3 is 10.0 Å². The molecule has 0 saturated carbocycles. The highest BCUT2D eigenvalue weighted by molar-refractivity contribution is 6.30. The third-order valence-electron chi connectivity index (χ3n) is 3.70. The fraction of sp³-hybridized carbons (Fsp3) is 0.267. The molecule has 0 bridgehead atoms. The van der Waals surface area contributed by atoms with E-state index in [1.807, 2.05) is 0 Å². The normalized spacial score (nSPS) is 17.7. The Morgan fingerprint density at radius 3 is 2.64 bits per heavy atom. The number of carbonyl (C=O) groups is 2. The van der Waals surface area contributed by atoms with Crippen LogP contribution in [0.15, 0.2) is 36.5 Å². The Balaban J connectivity index is 1.82. The third kappa shape index (κ3) is 2.69. The number of likely N-dealkylation sites (tertiary alicyclic amines) is 1. The topological polar surface area (TPSA) is 75.4 Å². The first-order chi connectivity index (χ1) is 10.6. The summed E-state index contributed by atoms with van der Waals surface area (Å²) in [5.41, 5.74) is 1.02. The minimum atomic E-state index is -0.969. The van der Waals surface area contributed by atoms with Crippen molar-refractivity contribution in [3.8, 4) is 5.69 Å². The van der Waals surface area contributed by atoms with Crippen LogP contribution in [0.1, 0.15) is 23.3 Å². The maximum absolute atomic E-state index is 12.4. The SMILES string of the molecule is O=C(O)[C@H]1CCCN1C(=O)c1ccn(-c2ccc(Cl)cc2)n1. The summed E-state index contributed by atoms with van der Waals surface area (Å²) in [7, 11) is 0. The number of carboxylic acid groups (broad SMARTS) is 1. The van der Waals surface area contributed by atoms with E-state index in [-0.39, 0.29) is 11.6 Å². The molecule has 114 valence electrons. The number of aromatic nitrogens is 2. The van der Waals surface area contributed by atoms with Gasteiger partial charge in [-0.05, 0) is 43.2 Å². The van der Waals surface area contributed by atoms with Crippen LogP contribution < -0.4 is 0 Å². The van der Waals surface area contributed by atoms with Crippen LogP contribution in [0.2, 0.25) is 5.02 Å². The summed E-state index contributed by atoms with van der Waals surface area (Å²) in [6, 6.07) is 7.89. The fourth-order valence-electron chi connectivity index (χ4n) is 2.59. The van der Waals surface area contributed by atoms with Gasteiger partial charge >= 0.3 is 5.97 Å². The van der Waals surface area contributed by atoms with Gasteiger partial charge in [0.1, 0.15) is 6.04 Å². The summed E-state index contributed by atoms with van der Waals surface area (Å²) in [4.78, 5) is 25.0. The Bertz CT molecular complexity index is 711. The summed E-state index contributed by atoms with van der Waals surface area (Å²) in [5, 5.41) is 14.0. The van der Waals surface area contributed by atoms with Crippen molar-refractivity contribution in [3.05, 3.63) is 47.2 Å². The molecule has 1 aliphatic rings. The second-order valence-corrected chi connectivity index (χ2v) is 5.55. The molecule has 0 spiro atoms. The van der Waals surface area contributed by atoms with E-state index in [0.29, 0.717) is 24.4 Å². The van der Waals surface area contributed by atoms with Gasteiger partial charge in [0.15, 0.2) is 5.69 Å². The van der Waals surface area contributed by atoms with E-state index in [1.165, 1.54) is 4.90 Å². The van der Waals surface area contributed by atoms with Gasteiger partial charge in [0.05, 0.1) is 5.69 Å². The number of benzene rings is 1. The molecule has 0 unspecified atom stereocenters. The summed E-state index contributed by atoms with van der Waals surface area (Å²) in [6.07, 6.45) is 2.85. The van der Waals surface area contributed by atoms with Crippen molar-refractivity contribution in [2.24, 2.45) is 0 Å². The Morgan fingerprint density at radius 2 is 1.95 bits per heavy atom. The molecular weight excluding hydrogens is 306 g/mol. The van der Waals surface area contributed by atoms with Gasteiger partial charge in [0.2, 0.25) is 0 Å². The molecule has 1 fully saturated rings. The lowest BCUT2D eigenvalue weighted by Gasteiger charge is -2.20. The molecule has 1 aliphatic heterocycles. The van der Waals surface area contributed by atoms with Gasteiger partial charge in [-0.1, -0.05) is 11.6 Å². The summed E-state index contributed by atoms with van der Waals surface area (Å²) < 4.78 is 1.56. The van der Waals surface area contributed by atoms with Crippen molar-refractivity contribution in [2.45, 2.75) is 18.9 Å².